The quantitative estimate of drug-likeness (QED) is 0.759. The Hall–Kier alpha value is -0.180. The molecule has 0 radical (unpaired) electrons. The number of thioether (sulfide) groups is 1. The standard InChI is InChI=1S/C10H21NOS/c1-5-8-13-9(12)11-7-6-10(2,3)4/h5-8H2,1-4H3,(H,11,12). The molecule has 0 heterocycles. The van der Waals surface area contributed by atoms with E-state index in [0.29, 0.717) is 5.41 Å². The van der Waals surface area contributed by atoms with E-state index in [0.717, 1.165) is 25.1 Å². The molecule has 0 saturated carbocycles. The van der Waals surface area contributed by atoms with Gasteiger partial charge in [-0.1, -0.05) is 39.5 Å². The highest BCUT2D eigenvalue weighted by atomic mass is 32.2. The molecule has 0 rings (SSSR count). The van der Waals surface area contributed by atoms with Gasteiger partial charge in [0.05, 0.1) is 0 Å². The maximum absolute atomic E-state index is 11.1. The number of amides is 1. The van der Waals surface area contributed by atoms with Crippen LogP contribution in [0.1, 0.15) is 40.5 Å². The molecule has 0 aliphatic heterocycles. The van der Waals surface area contributed by atoms with Gasteiger partial charge in [0.1, 0.15) is 0 Å². The lowest BCUT2D eigenvalue weighted by molar-refractivity contribution is 0.258. The monoisotopic (exact) mass is 203 g/mol. The van der Waals surface area contributed by atoms with Crippen LogP contribution in [0.25, 0.3) is 0 Å². The van der Waals surface area contributed by atoms with Gasteiger partial charge in [-0.15, -0.1) is 0 Å². The molecule has 0 spiro atoms. The molecule has 0 unspecified atom stereocenters. The Morgan fingerprint density at radius 3 is 2.46 bits per heavy atom. The number of carbonyl (C=O) groups excluding carboxylic acids is 1. The van der Waals surface area contributed by atoms with Crippen LogP contribution in [0.3, 0.4) is 0 Å². The molecule has 0 fully saturated rings. The fourth-order valence-electron chi connectivity index (χ4n) is 0.785. The van der Waals surface area contributed by atoms with Crippen LogP contribution in [0.4, 0.5) is 4.79 Å². The summed E-state index contributed by atoms with van der Waals surface area (Å²) in [6.45, 7) is 9.41. The molecule has 1 amide bonds. The van der Waals surface area contributed by atoms with Crippen molar-refractivity contribution in [3.05, 3.63) is 0 Å². The molecular formula is C10H21NOS. The van der Waals surface area contributed by atoms with Crippen LogP contribution in [0.5, 0.6) is 0 Å². The van der Waals surface area contributed by atoms with Gasteiger partial charge in [-0.05, 0) is 18.3 Å². The van der Waals surface area contributed by atoms with E-state index in [4.69, 9.17) is 0 Å². The van der Waals surface area contributed by atoms with Crippen molar-refractivity contribution in [1.29, 1.82) is 0 Å². The average molecular weight is 203 g/mol. The molecule has 0 aliphatic carbocycles. The molecule has 1 N–H and O–H groups in total. The lowest BCUT2D eigenvalue weighted by Gasteiger charge is -2.17. The molecule has 0 aromatic heterocycles. The van der Waals surface area contributed by atoms with Crippen molar-refractivity contribution < 1.29 is 4.79 Å². The van der Waals surface area contributed by atoms with Crippen molar-refractivity contribution in [3.63, 3.8) is 0 Å². The van der Waals surface area contributed by atoms with Gasteiger partial charge >= 0.3 is 0 Å². The zero-order valence-electron chi connectivity index (χ0n) is 9.14. The summed E-state index contributed by atoms with van der Waals surface area (Å²) in [4.78, 5) is 11.1. The third-order valence-corrected chi connectivity index (χ3v) is 2.60. The molecule has 0 saturated heterocycles. The summed E-state index contributed by atoms with van der Waals surface area (Å²) < 4.78 is 0. The molecule has 2 nitrogen and oxygen atoms in total. The Balaban J connectivity index is 3.37. The fourth-order valence-corrected chi connectivity index (χ4v) is 1.38. The molecular weight excluding hydrogens is 182 g/mol. The van der Waals surface area contributed by atoms with Crippen LogP contribution in [0, 0.1) is 5.41 Å². The van der Waals surface area contributed by atoms with Gasteiger partial charge in [0.2, 0.25) is 0 Å². The van der Waals surface area contributed by atoms with E-state index >= 15 is 0 Å². The van der Waals surface area contributed by atoms with Crippen molar-refractivity contribution >= 4 is 17.0 Å². The Labute approximate surface area is 85.9 Å². The normalized spacial score (nSPS) is 11.4. The van der Waals surface area contributed by atoms with Gasteiger partial charge in [-0.2, -0.15) is 0 Å². The predicted molar refractivity (Wildman–Crippen MR) is 60.2 cm³/mol. The first-order valence-corrected chi connectivity index (χ1v) is 5.85. The van der Waals surface area contributed by atoms with Crippen molar-refractivity contribution in [3.8, 4) is 0 Å². The second-order valence-electron chi connectivity index (χ2n) is 4.37. The van der Waals surface area contributed by atoms with Crippen LogP contribution in [-0.4, -0.2) is 17.5 Å². The molecule has 0 bridgehead atoms. The second kappa shape index (κ2) is 6.30. The van der Waals surface area contributed by atoms with E-state index in [-0.39, 0.29) is 5.24 Å². The highest BCUT2D eigenvalue weighted by Gasteiger charge is 2.10. The van der Waals surface area contributed by atoms with Gasteiger partial charge in [-0.3, -0.25) is 4.79 Å². The van der Waals surface area contributed by atoms with Crippen molar-refractivity contribution in [2.75, 3.05) is 12.3 Å². The Morgan fingerprint density at radius 2 is 2.00 bits per heavy atom. The van der Waals surface area contributed by atoms with E-state index in [1.54, 1.807) is 0 Å². The zero-order valence-corrected chi connectivity index (χ0v) is 9.96. The van der Waals surface area contributed by atoms with E-state index in [2.05, 4.69) is 33.0 Å². The van der Waals surface area contributed by atoms with Crippen LogP contribution < -0.4 is 5.32 Å². The lowest BCUT2D eigenvalue weighted by atomic mass is 9.92. The Kier molecular flexibility index (Phi) is 6.21. The average Bonchev–Trinajstić information content (AvgIpc) is 1.98. The first-order valence-electron chi connectivity index (χ1n) is 4.86. The minimum Gasteiger partial charge on any atom is -0.347 e. The van der Waals surface area contributed by atoms with E-state index in [1.165, 1.54) is 11.8 Å². The number of hydrogen-bond acceptors (Lipinski definition) is 2. The molecule has 3 heteroatoms. The molecule has 13 heavy (non-hydrogen) atoms. The summed E-state index contributed by atoms with van der Waals surface area (Å²) in [5.41, 5.74) is 0.308. The summed E-state index contributed by atoms with van der Waals surface area (Å²) >= 11 is 1.38. The molecule has 0 atom stereocenters. The van der Waals surface area contributed by atoms with Gasteiger partial charge in [0.15, 0.2) is 0 Å². The van der Waals surface area contributed by atoms with Crippen LogP contribution in [0.15, 0.2) is 0 Å². The number of carbonyl (C=O) groups is 1. The van der Waals surface area contributed by atoms with Crippen molar-refractivity contribution in [2.24, 2.45) is 5.41 Å². The van der Waals surface area contributed by atoms with E-state index in [1.807, 2.05) is 0 Å². The SMILES string of the molecule is CCCSC(=O)NCCC(C)(C)C. The summed E-state index contributed by atoms with van der Waals surface area (Å²) in [7, 11) is 0. The highest BCUT2D eigenvalue weighted by molar-refractivity contribution is 8.13. The Morgan fingerprint density at radius 1 is 1.38 bits per heavy atom. The van der Waals surface area contributed by atoms with E-state index < -0.39 is 0 Å². The summed E-state index contributed by atoms with van der Waals surface area (Å²) in [5, 5.41) is 3.01. The minimum atomic E-state index is 0.117. The second-order valence-corrected chi connectivity index (χ2v) is 5.44. The number of nitrogens with one attached hydrogen (secondary N) is 1. The summed E-state index contributed by atoms with van der Waals surface area (Å²) in [6, 6.07) is 0. The van der Waals surface area contributed by atoms with Crippen molar-refractivity contribution in [2.45, 2.75) is 40.5 Å². The molecule has 78 valence electrons. The van der Waals surface area contributed by atoms with Crippen LogP contribution >= 0.6 is 11.8 Å². The Bertz CT molecular complexity index is 151. The van der Waals surface area contributed by atoms with Crippen LogP contribution in [-0.2, 0) is 0 Å². The van der Waals surface area contributed by atoms with Gasteiger partial charge in [0.25, 0.3) is 5.24 Å². The number of hydrogen-bond donors (Lipinski definition) is 1. The third kappa shape index (κ3) is 9.74. The lowest BCUT2D eigenvalue weighted by Crippen LogP contribution is -2.24. The van der Waals surface area contributed by atoms with Gasteiger partial charge in [-0.25, -0.2) is 0 Å². The highest BCUT2D eigenvalue weighted by Crippen LogP contribution is 2.17. The van der Waals surface area contributed by atoms with Gasteiger partial charge < -0.3 is 5.32 Å². The fraction of sp³-hybridized carbons (Fsp3) is 0.900. The predicted octanol–water partition coefficient (Wildman–Crippen LogP) is 3.28. The topological polar surface area (TPSA) is 29.1 Å². The maximum atomic E-state index is 11.1. The third-order valence-electron chi connectivity index (χ3n) is 1.58. The molecule has 0 aromatic carbocycles. The van der Waals surface area contributed by atoms with Gasteiger partial charge in [0, 0.05) is 12.3 Å². The summed E-state index contributed by atoms with van der Waals surface area (Å²) in [6.07, 6.45) is 2.09. The largest absolute Gasteiger partial charge is 0.347 e. The maximum Gasteiger partial charge on any atom is 0.279 e. The summed E-state index contributed by atoms with van der Waals surface area (Å²) in [5.74, 6) is 0.918. The van der Waals surface area contributed by atoms with Crippen LogP contribution in [0.2, 0.25) is 0 Å². The minimum absolute atomic E-state index is 0.117. The molecule has 0 aromatic rings. The van der Waals surface area contributed by atoms with Crippen molar-refractivity contribution in [1.82, 2.24) is 5.32 Å². The first kappa shape index (κ1) is 12.8. The molecule has 0 aliphatic rings. The first-order chi connectivity index (χ1) is 5.95. The van der Waals surface area contributed by atoms with E-state index in [9.17, 15) is 4.79 Å². The number of rotatable bonds is 4. The smallest absolute Gasteiger partial charge is 0.279 e. The zero-order chi connectivity index (χ0) is 10.3.